The SMILES string of the molecule is CSCCCOc1c(C)cc(CNCC(C)C)cc1C. The highest BCUT2D eigenvalue weighted by atomic mass is 32.2. The van der Waals surface area contributed by atoms with Crippen molar-refractivity contribution in [3.05, 3.63) is 28.8 Å². The van der Waals surface area contributed by atoms with E-state index in [1.807, 2.05) is 11.8 Å². The van der Waals surface area contributed by atoms with Gasteiger partial charge in [-0.3, -0.25) is 0 Å². The number of thioether (sulfide) groups is 1. The van der Waals surface area contributed by atoms with Gasteiger partial charge >= 0.3 is 0 Å². The van der Waals surface area contributed by atoms with Gasteiger partial charge in [0, 0.05) is 6.54 Å². The van der Waals surface area contributed by atoms with E-state index in [-0.39, 0.29) is 0 Å². The van der Waals surface area contributed by atoms with Crippen molar-refractivity contribution in [2.24, 2.45) is 5.92 Å². The van der Waals surface area contributed by atoms with E-state index in [0.717, 1.165) is 37.6 Å². The van der Waals surface area contributed by atoms with Crippen molar-refractivity contribution in [3.8, 4) is 5.75 Å². The van der Waals surface area contributed by atoms with Gasteiger partial charge in [0.1, 0.15) is 5.75 Å². The highest BCUT2D eigenvalue weighted by Crippen LogP contribution is 2.25. The van der Waals surface area contributed by atoms with Crippen molar-refractivity contribution in [1.82, 2.24) is 5.32 Å². The molecule has 0 radical (unpaired) electrons. The first kappa shape index (κ1) is 17.4. The molecule has 2 nitrogen and oxygen atoms in total. The van der Waals surface area contributed by atoms with Crippen LogP contribution < -0.4 is 10.1 Å². The zero-order valence-electron chi connectivity index (χ0n) is 13.6. The average molecular weight is 295 g/mol. The number of ether oxygens (including phenoxy) is 1. The molecule has 0 fully saturated rings. The summed E-state index contributed by atoms with van der Waals surface area (Å²) in [5, 5.41) is 3.49. The Kier molecular flexibility index (Phi) is 8.08. The summed E-state index contributed by atoms with van der Waals surface area (Å²) in [7, 11) is 0. The number of benzene rings is 1. The van der Waals surface area contributed by atoms with Crippen LogP contribution in [-0.2, 0) is 6.54 Å². The fraction of sp³-hybridized carbons (Fsp3) is 0.647. The third-order valence-electron chi connectivity index (χ3n) is 3.14. The molecule has 1 aromatic rings. The molecule has 1 rings (SSSR count). The van der Waals surface area contributed by atoms with E-state index in [2.05, 4.69) is 51.4 Å². The number of hydrogen-bond acceptors (Lipinski definition) is 3. The zero-order chi connectivity index (χ0) is 15.0. The van der Waals surface area contributed by atoms with Crippen LogP contribution in [0.1, 0.15) is 37.0 Å². The van der Waals surface area contributed by atoms with Crippen LogP contribution >= 0.6 is 11.8 Å². The van der Waals surface area contributed by atoms with E-state index in [4.69, 9.17) is 4.74 Å². The van der Waals surface area contributed by atoms with Gasteiger partial charge in [-0.1, -0.05) is 26.0 Å². The Morgan fingerprint density at radius 2 is 1.85 bits per heavy atom. The molecular weight excluding hydrogens is 266 g/mol. The van der Waals surface area contributed by atoms with Crippen molar-refractivity contribution in [1.29, 1.82) is 0 Å². The highest BCUT2D eigenvalue weighted by Gasteiger charge is 2.06. The maximum atomic E-state index is 5.93. The Morgan fingerprint density at radius 3 is 2.40 bits per heavy atom. The predicted molar refractivity (Wildman–Crippen MR) is 91.0 cm³/mol. The molecule has 0 aliphatic heterocycles. The molecule has 0 unspecified atom stereocenters. The Morgan fingerprint density at radius 1 is 1.20 bits per heavy atom. The lowest BCUT2D eigenvalue weighted by molar-refractivity contribution is 0.314. The summed E-state index contributed by atoms with van der Waals surface area (Å²) in [5.74, 6) is 2.92. The van der Waals surface area contributed by atoms with Gasteiger partial charge in [-0.15, -0.1) is 0 Å². The lowest BCUT2D eigenvalue weighted by Gasteiger charge is -2.15. The van der Waals surface area contributed by atoms with E-state index >= 15 is 0 Å². The molecule has 20 heavy (non-hydrogen) atoms. The monoisotopic (exact) mass is 295 g/mol. The molecule has 0 aromatic heterocycles. The molecule has 0 amide bonds. The second kappa shape index (κ2) is 9.30. The van der Waals surface area contributed by atoms with E-state index in [1.165, 1.54) is 16.7 Å². The molecule has 0 saturated heterocycles. The third kappa shape index (κ3) is 6.19. The summed E-state index contributed by atoms with van der Waals surface area (Å²) in [6.45, 7) is 11.6. The highest BCUT2D eigenvalue weighted by molar-refractivity contribution is 7.98. The van der Waals surface area contributed by atoms with Gasteiger partial charge in [-0.05, 0) is 61.4 Å². The molecule has 0 aliphatic rings. The predicted octanol–water partition coefficient (Wildman–Crippen LogP) is 4.18. The second-order valence-corrected chi connectivity index (χ2v) is 6.76. The average Bonchev–Trinajstić information content (AvgIpc) is 2.36. The first-order valence-corrected chi connectivity index (χ1v) is 8.86. The minimum absolute atomic E-state index is 0.691. The quantitative estimate of drug-likeness (QED) is 0.691. The van der Waals surface area contributed by atoms with Crippen LogP contribution in [0.3, 0.4) is 0 Å². The first-order chi connectivity index (χ1) is 9.54. The van der Waals surface area contributed by atoms with Crippen LogP contribution in [0.15, 0.2) is 12.1 Å². The van der Waals surface area contributed by atoms with Crippen LogP contribution in [0.2, 0.25) is 0 Å². The fourth-order valence-electron chi connectivity index (χ4n) is 2.25. The topological polar surface area (TPSA) is 21.3 Å². The van der Waals surface area contributed by atoms with Crippen LogP contribution in [0, 0.1) is 19.8 Å². The molecule has 114 valence electrons. The van der Waals surface area contributed by atoms with Crippen molar-refractivity contribution in [2.75, 3.05) is 25.2 Å². The standard InChI is InChI=1S/C17H29NOS/c1-13(2)11-18-12-16-9-14(3)17(15(4)10-16)19-7-6-8-20-5/h9-10,13,18H,6-8,11-12H2,1-5H3. The van der Waals surface area contributed by atoms with Crippen molar-refractivity contribution >= 4 is 11.8 Å². The van der Waals surface area contributed by atoms with Crippen LogP contribution in [0.4, 0.5) is 0 Å². The van der Waals surface area contributed by atoms with E-state index in [1.54, 1.807) is 0 Å². The summed E-state index contributed by atoms with van der Waals surface area (Å²) in [5.41, 5.74) is 3.84. The van der Waals surface area contributed by atoms with Gasteiger partial charge in [0.25, 0.3) is 0 Å². The van der Waals surface area contributed by atoms with Crippen molar-refractivity contribution in [2.45, 2.75) is 40.7 Å². The lowest BCUT2D eigenvalue weighted by Crippen LogP contribution is -2.19. The molecule has 0 aliphatic carbocycles. The smallest absolute Gasteiger partial charge is 0.125 e. The molecule has 3 heteroatoms. The van der Waals surface area contributed by atoms with E-state index < -0.39 is 0 Å². The van der Waals surface area contributed by atoms with Gasteiger partial charge in [0.05, 0.1) is 6.61 Å². The summed E-state index contributed by atoms with van der Waals surface area (Å²) in [6, 6.07) is 4.48. The first-order valence-electron chi connectivity index (χ1n) is 7.47. The maximum Gasteiger partial charge on any atom is 0.125 e. The molecule has 0 spiro atoms. The minimum Gasteiger partial charge on any atom is -0.493 e. The fourth-order valence-corrected chi connectivity index (χ4v) is 2.66. The molecule has 0 saturated carbocycles. The molecule has 0 bridgehead atoms. The zero-order valence-corrected chi connectivity index (χ0v) is 14.4. The molecule has 0 heterocycles. The number of hydrogen-bond donors (Lipinski definition) is 1. The van der Waals surface area contributed by atoms with Crippen LogP contribution in [0.25, 0.3) is 0 Å². The maximum absolute atomic E-state index is 5.93. The third-order valence-corrected chi connectivity index (χ3v) is 3.84. The van der Waals surface area contributed by atoms with Crippen molar-refractivity contribution < 1.29 is 4.74 Å². The second-order valence-electron chi connectivity index (χ2n) is 5.78. The minimum atomic E-state index is 0.691. The van der Waals surface area contributed by atoms with E-state index in [9.17, 15) is 0 Å². The van der Waals surface area contributed by atoms with Gasteiger partial charge < -0.3 is 10.1 Å². The lowest BCUT2D eigenvalue weighted by atomic mass is 10.1. The number of rotatable bonds is 9. The number of nitrogens with one attached hydrogen (secondary N) is 1. The van der Waals surface area contributed by atoms with E-state index in [0.29, 0.717) is 5.92 Å². The Hall–Kier alpha value is -0.670. The van der Waals surface area contributed by atoms with Gasteiger partial charge in [-0.25, -0.2) is 0 Å². The summed E-state index contributed by atoms with van der Waals surface area (Å²) in [6.07, 6.45) is 3.24. The summed E-state index contributed by atoms with van der Waals surface area (Å²) < 4.78 is 5.93. The summed E-state index contributed by atoms with van der Waals surface area (Å²) in [4.78, 5) is 0. The Labute approximate surface area is 128 Å². The Balaban J connectivity index is 2.56. The largest absolute Gasteiger partial charge is 0.493 e. The van der Waals surface area contributed by atoms with Crippen LogP contribution in [-0.4, -0.2) is 25.2 Å². The normalized spacial score (nSPS) is 11.1. The summed E-state index contributed by atoms with van der Waals surface area (Å²) >= 11 is 1.87. The van der Waals surface area contributed by atoms with Gasteiger partial charge in [0.15, 0.2) is 0 Å². The Bertz CT molecular complexity index is 381. The molecule has 1 aromatic carbocycles. The molecule has 0 atom stereocenters. The van der Waals surface area contributed by atoms with Gasteiger partial charge in [-0.2, -0.15) is 11.8 Å². The molecular formula is C17H29NOS. The van der Waals surface area contributed by atoms with Crippen molar-refractivity contribution in [3.63, 3.8) is 0 Å². The van der Waals surface area contributed by atoms with Crippen LogP contribution in [0.5, 0.6) is 5.75 Å². The number of aryl methyl sites for hydroxylation is 2. The molecule has 1 N–H and O–H groups in total. The van der Waals surface area contributed by atoms with Gasteiger partial charge in [0.2, 0.25) is 0 Å².